The molecule has 0 saturated heterocycles. The highest BCUT2D eigenvalue weighted by Crippen LogP contribution is 2.40. The van der Waals surface area contributed by atoms with Crippen LogP contribution in [-0.4, -0.2) is 19.3 Å². The zero-order chi connectivity index (χ0) is 15.2. The van der Waals surface area contributed by atoms with Gasteiger partial charge in [0.25, 0.3) is 0 Å². The first-order valence-electron chi connectivity index (χ1n) is 7.65. The fourth-order valence-electron chi connectivity index (χ4n) is 3.53. The van der Waals surface area contributed by atoms with E-state index in [4.69, 9.17) is 5.73 Å². The molecular formula is C16H25N5. The molecule has 21 heavy (non-hydrogen) atoms. The first-order valence-corrected chi connectivity index (χ1v) is 7.65. The van der Waals surface area contributed by atoms with Crippen LogP contribution in [0, 0.1) is 12.3 Å². The van der Waals surface area contributed by atoms with E-state index in [1.165, 1.54) is 17.0 Å². The van der Waals surface area contributed by atoms with Gasteiger partial charge in [-0.15, -0.1) is 0 Å². The Morgan fingerprint density at radius 3 is 2.86 bits per heavy atom. The zero-order valence-corrected chi connectivity index (χ0v) is 13.4. The van der Waals surface area contributed by atoms with Crippen molar-refractivity contribution in [2.24, 2.45) is 18.2 Å². The summed E-state index contributed by atoms with van der Waals surface area (Å²) in [6.45, 7) is 7.71. The van der Waals surface area contributed by atoms with Crippen LogP contribution in [0.15, 0.2) is 12.4 Å². The average Bonchev–Trinajstić information content (AvgIpc) is 2.90. The lowest BCUT2D eigenvalue weighted by Crippen LogP contribution is -2.30. The second-order valence-corrected chi connectivity index (χ2v) is 7.08. The maximum atomic E-state index is 6.37. The van der Waals surface area contributed by atoms with Crippen LogP contribution in [0.1, 0.15) is 49.1 Å². The maximum absolute atomic E-state index is 6.37. The van der Waals surface area contributed by atoms with E-state index in [1.54, 1.807) is 11.0 Å². The number of hydrogen-bond acceptors (Lipinski definition) is 3. The minimum atomic E-state index is 0.164. The first kappa shape index (κ1) is 14.3. The van der Waals surface area contributed by atoms with Crippen molar-refractivity contribution in [2.75, 3.05) is 0 Å². The molecule has 0 radical (unpaired) electrons. The molecule has 0 aliphatic heterocycles. The van der Waals surface area contributed by atoms with Crippen LogP contribution < -0.4 is 5.73 Å². The van der Waals surface area contributed by atoms with Crippen molar-refractivity contribution >= 4 is 0 Å². The molecule has 1 aliphatic carbocycles. The van der Waals surface area contributed by atoms with Gasteiger partial charge in [0.15, 0.2) is 5.82 Å². The number of aromatic nitrogens is 4. The largest absolute Gasteiger partial charge is 0.348 e. The number of nitrogens with two attached hydrogens (primary N) is 1. The van der Waals surface area contributed by atoms with Crippen molar-refractivity contribution in [3.05, 3.63) is 35.2 Å². The molecule has 0 spiro atoms. The molecule has 1 atom stereocenters. The maximum Gasteiger partial charge on any atom is 0.152 e. The lowest BCUT2D eigenvalue weighted by molar-refractivity contribution is 0.275. The van der Waals surface area contributed by atoms with E-state index in [0.29, 0.717) is 0 Å². The van der Waals surface area contributed by atoms with E-state index in [2.05, 4.69) is 41.5 Å². The lowest BCUT2D eigenvalue weighted by atomic mass is 9.74. The van der Waals surface area contributed by atoms with Gasteiger partial charge in [-0.05, 0) is 36.8 Å². The van der Waals surface area contributed by atoms with Gasteiger partial charge < -0.3 is 10.3 Å². The van der Waals surface area contributed by atoms with E-state index in [0.717, 1.165) is 31.6 Å². The Labute approximate surface area is 126 Å². The van der Waals surface area contributed by atoms with Crippen LogP contribution in [0.3, 0.4) is 0 Å². The number of fused-ring (bicyclic) bond motifs is 1. The summed E-state index contributed by atoms with van der Waals surface area (Å²) in [5, 5.41) is 4.36. The second-order valence-electron chi connectivity index (χ2n) is 7.08. The van der Waals surface area contributed by atoms with Gasteiger partial charge in [-0.2, -0.15) is 5.10 Å². The summed E-state index contributed by atoms with van der Waals surface area (Å²) in [5.41, 5.74) is 10.7. The molecular weight excluding hydrogens is 262 g/mol. The Morgan fingerprint density at radius 1 is 1.43 bits per heavy atom. The van der Waals surface area contributed by atoms with Gasteiger partial charge in [-0.1, -0.05) is 13.8 Å². The van der Waals surface area contributed by atoms with Crippen LogP contribution in [0.4, 0.5) is 0 Å². The van der Waals surface area contributed by atoms with Crippen molar-refractivity contribution in [3.8, 4) is 0 Å². The fraction of sp³-hybridized carbons (Fsp3) is 0.625. The Morgan fingerprint density at radius 2 is 2.19 bits per heavy atom. The van der Waals surface area contributed by atoms with Crippen molar-refractivity contribution in [1.29, 1.82) is 0 Å². The van der Waals surface area contributed by atoms with E-state index < -0.39 is 0 Å². The molecule has 1 aliphatic rings. The molecule has 0 fully saturated rings. The predicted molar refractivity (Wildman–Crippen MR) is 82.9 cm³/mol. The summed E-state index contributed by atoms with van der Waals surface area (Å²) in [7, 11) is 1.90. The topological polar surface area (TPSA) is 61.7 Å². The van der Waals surface area contributed by atoms with Gasteiger partial charge in [-0.25, -0.2) is 4.98 Å². The second kappa shape index (κ2) is 4.98. The summed E-state index contributed by atoms with van der Waals surface area (Å²) in [6, 6.07) is 2.43. The molecule has 1 unspecified atom stereocenters. The van der Waals surface area contributed by atoms with Gasteiger partial charge in [0.2, 0.25) is 0 Å². The van der Waals surface area contributed by atoms with Crippen molar-refractivity contribution in [1.82, 2.24) is 19.3 Å². The van der Waals surface area contributed by atoms with Gasteiger partial charge in [0.1, 0.15) is 6.33 Å². The number of nitrogens with zero attached hydrogens (tertiary/aromatic N) is 4. The molecule has 2 heterocycles. The van der Waals surface area contributed by atoms with Crippen LogP contribution in [-0.2, 0) is 26.4 Å². The molecule has 0 saturated carbocycles. The van der Waals surface area contributed by atoms with Crippen molar-refractivity contribution < 1.29 is 0 Å². The summed E-state index contributed by atoms with van der Waals surface area (Å²) in [5.74, 6) is 0.902. The van der Waals surface area contributed by atoms with Crippen LogP contribution >= 0.6 is 0 Å². The number of rotatable bonds is 3. The molecule has 0 amide bonds. The van der Waals surface area contributed by atoms with Crippen LogP contribution in [0.25, 0.3) is 0 Å². The van der Waals surface area contributed by atoms with E-state index in [-0.39, 0.29) is 11.5 Å². The normalized spacial score (nSPS) is 20.5. The van der Waals surface area contributed by atoms with Crippen molar-refractivity contribution in [3.63, 3.8) is 0 Å². The van der Waals surface area contributed by atoms with Gasteiger partial charge in [0.05, 0.1) is 0 Å². The molecule has 5 nitrogen and oxygen atoms in total. The molecule has 2 aromatic heterocycles. The van der Waals surface area contributed by atoms with E-state index >= 15 is 0 Å². The molecule has 114 valence electrons. The third-order valence-electron chi connectivity index (χ3n) is 4.47. The molecule has 5 heteroatoms. The standard InChI is InChI=1S/C16H25N5/c1-11-7-12-13(17)8-16(2,3)9-14(12)21(11)6-5-15-18-10-20(4)19-15/h7,10,13H,5-6,8-9,17H2,1-4H3. The highest BCUT2D eigenvalue weighted by Gasteiger charge is 2.33. The van der Waals surface area contributed by atoms with Gasteiger partial charge in [-0.3, -0.25) is 4.68 Å². The molecule has 0 aromatic carbocycles. The number of hydrogen-bond donors (Lipinski definition) is 1. The highest BCUT2D eigenvalue weighted by molar-refractivity contribution is 5.34. The quantitative estimate of drug-likeness (QED) is 0.941. The highest BCUT2D eigenvalue weighted by atomic mass is 15.3. The minimum absolute atomic E-state index is 0.164. The van der Waals surface area contributed by atoms with Gasteiger partial charge in [0, 0.05) is 37.4 Å². The third kappa shape index (κ3) is 2.75. The van der Waals surface area contributed by atoms with Crippen molar-refractivity contribution in [2.45, 2.75) is 52.6 Å². The van der Waals surface area contributed by atoms with Crippen LogP contribution in [0.5, 0.6) is 0 Å². The minimum Gasteiger partial charge on any atom is -0.348 e. The fourth-order valence-corrected chi connectivity index (χ4v) is 3.53. The Hall–Kier alpha value is -1.62. The molecule has 2 aromatic rings. The van der Waals surface area contributed by atoms with E-state index in [1.807, 2.05) is 7.05 Å². The summed E-state index contributed by atoms with van der Waals surface area (Å²) >= 11 is 0. The molecule has 3 rings (SSSR count). The summed E-state index contributed by atoms with van der Waals surface area (Å²) in [4.78, 5) is 4.31. The predicted octanol–water partition coefficient (Wildman–Crippen LogP) is 2.14. The summed E-state index contributed by atoms with van der Waals surface area (Å²) in [6.07, 6.45) is 4.77. The third-order valence-corrected chi connectivity index (χ3v) is 4.47. The first-order chi connectivity index (χ1) is 9.85. The smallest absolute Gasteiger partial charge is 0.152 e. The van der Waals surface area contributed by atoms with Gasteiger partial charge >= 0.3 is 0 Å². The lowest BCUT2D eigenvalue weighted by Gasteiger charge is -2.34. The van der Waals surface area contributed by atoms with E-state index in [9.17, 15) is 0 Å². The Balaban J connectivity index is 1.86. The van der Waals surface area contributed by atoms with Crippen LogP contribution in [0.2, 0.25) is 0 Å². The monoisotopic (exact) mass is 287 g/mol. The summed E-state index contributed by atoms with van der Waals surface area (Å²) < 4.78 is 4.17. The average molecular weight is 287 g/mol. The molecule has 2 N–H and O–H groups in total. The number of aryl methyl sites for hydroxylation is 3. The SMILES string of the molecule is Cc1cc2c(n1CCc1ncn(C)n1)CC(C)(C)CC2N. The molecule has 0 bridgehead atoms. The Kier molecular flexibility index (Phi) is 3.40. The zero-order valence-electron chi connectivity index (χ0n) is 13.4. The Bertz CT molecular complexity index is 650.